The zero-order chi connectivity index (χ0) is 12.5. The minimum absolute atomic E-state index is 0.715. The molecule has 4 heteroatoms. The number of hydrogen-bond donors (Lipinski definition) is 2. The molecule has 0 bridgehead atoms. The fourth-order valence-electron chi connectivity index (χ4n) is 1.35. The number of rotatable bonds is 8. The summed E-state index contributed by atoms with van der Waals surface area (Å²) in [5.41, 5.74) is 6.54. The van der Waals surface area contributed by atoms with Crippen molar-refractivity contribution in [3.8, 4) is 5.75 Å². The van der Waals surface area contributed by atoms with Crippen LogP contribution in [-0.2, 0) is 0 Å². The zero-order valence-corrected chi connectivity index (χ0v) is 10.8. The second-order valence-corrected chi connectivity index (χ2v) is 4.25. The SMILES string of the molecule is CN(C)CCOc1ccc(NCCCN)cc1. The summed E-state index contributed by atoms with van der Waals surface area (Å²) in [6.45, 7) is 3.28. The highest BCUT2D eigenvalue weighted by atomic mass is 16.5. The standard InChI is InChI=1S/C13H23N3O/c1-16(2)10-11-17-13-6-4-12(5-7-13)15-9-3-8-14/h4-7,15H,3,8-11,14H2,1-2H3. The Morgan fingerprint density at radius 1 is 1.24 bits per heavy atom. The maximum absolute atomic E-state index is 5.61. The van der Waals surface area contributed by atoms with Crippen LogP contribution in [0.1, 0.15) is 6.42 Å². The summed E-state index contributed by atoms with van der Waals surface area (Å²) in [5.74, 6) is 0.913. The van der Waals surface area contributed by atoms with Crippen LogP contribution in [0.2, 0.25) is 0 Å². The van der Waals surface area contributed by atoms with Gasteiger partial charge in [-0.2, -0.15) is 0 Å². The van der Waals surface area contributed by atoms with Crippen LogP contribution in [-0.4, -0.2) is 45.2 Å². The molecule has 0 radical (unpaired) electrons. The molecule has 17 heavy (non-hydrogen) atoms. The van der Waals surface area contributed by atoms with E-state index in [-0.39, 0.29) is 0 Å². The van der Waals surface area contributed by atoms with Crippen molar-refractivity contribution < 1.29 is 4.74 Å². The van der Waals surface area contributed by atoms with Gasteiger partial charge in [0.15, 0.2) is 0 Å². The van der Waals surface area contributed by atoms with Crippen molar-refractivity contribution in [1.82, 2.24) is 4.90 Å². The van der Waals surface area contributed by atoms with Gasteiger partial charge in [0.1, 0.15) is 12.4 Å². The number of ether oxygens (including phenoxy) is 1. The number of nitrogens with two attached hydrogens (primary N) is 1. The minimum Gasteiger partial charge on any atom is -0.492 e. The van der Waals surface area contributed by atoms with Crippen LogP contribution in [0.25, 0.3) is 0 Å². The zero-order valence-electron chi connectivity index (χ0n) is 10.8. The molecule has 0 spiro atoms. The Hall–Kier alpha value is -1.26. The third-order valence-corrected chi connectivity index (χ3v) is 2.37. The number of hydrogen-bond acceptors (Lipinski definition) is 4. The summed E-state index contributed by atoms with van der Waals surface area (Å²) in [4.78, 5) is 2.10. The van der Waals surface area contributed by atoms with E-state index in [1.807, 2.05) is 38.4 Å². The molecule has 0 aliphatic heterocycles. The molecule has 0 atom stereocenters. The first-order valence-corrected chi connectivity index (χ1v) is 6.04. The third kappa shape index (κ3) is 6.14. The fourth-order valence-corrected chi connectivity index (χ4v) is 1.35. The van der Waals surface area contributed by atoms with Crippen LogP contribution in [0.3, 0.4) is 0 Å². The van der Waals surface area contributed by atoms with Gasteiger partial charge in [0.05, 0.1) is 0 Å². The van der Waals surface area contributed by atoms with Crippen LogP contribution in [0.4, 0.5) is 5.69 Å². The Bertz CT molecular complexity index is 298. The first-order valence-electron chi connectivity index (χ1n) is 6.04. The van der Waals surface area contributed by atoms with Gasteiger partial charge in [-0.15, -0.1) is 0 Å². The topological polar surface area (TPSA) is 50.5 Å². The Balaban J connectivity index is 2.29. The largest absolute Gasteiger partial charge is 0.492 e. The number of benzene rings is 1. The van der Waals surface area contributed by atoms with Gasteiger partial charge in [-0.05, 0) is 51.3 Å². The Kier molecular flexibility index (Phi) is 6.43. The maximum Gasteiger partial charge on any atom is 0.119 e. The van der Waals surface area contributed by atoms with Crippen molar-refractivity contribution >= 4 is 5.69 Å². The molecule has 0 fully saturated rings. The normalized spacial score (nSPS) is 10.6. The molecule has 0 amide bonds. The summed E-state index contributed by atoms with van der Waals surface area (Å²) in [7, 11) is 4.07. The molecule has 96 valence electrons. The summed E-state index contributed by atoms with van der Waals surface area (Å²) in [5, 5.41) is 3.30. The molecular weight excluding hydrogens is 214 g/mol. The van der Waals surface area contributed by atoms with Gasteiger partial charge in [-0.25, -0.2) is 0 Å². The number of likely N-dealkylation sites (N-methyl/N-ethyl adjacent to an activating group) is 1. The predicted molar refractivity (Wildman–Crippen MR) is 72.7 cm³/mol. The maximum atomic E-state index is 5.61. The lowest BCUT2D eigenvalue weighted by atomic mass is 10.3. The van der Waals surface area contributed by atoms with E-state index in [0.717, 1.165) is 37.5 Å². The summed E-state index contributed by atoms with van der Waals surface area (Å²) >= 11 is 0. The van der Waals surface area contributed by atoms with Gasteiger partial charge in [-0.1, -0.05) is 0 Å². The lowest BCUT2D eigenvalue weighted by Crippen LogP contribution is -2.19. The van der Waals surface area contributed by atoms with Gasteiger partial charge in [0, 0.05) is 18.8 Å². The van der Waals surface area contributed by atoms with Gasteiger partial charge < -0.3 is 20.7 Å². The molecule has 1 aromatic carbocycles. The molecule has 4 nitrogen and oxygen atoms in total. The van der Waals surface area contributed by atoms with Crippen molar-refractivity contribution in [2.75, 3.05) is 45.7 Å². The van der Waals surface area contributed by atoms with E-state index in [9.17, 15) is 0 Å². The second kappa shape index (κ2) is 7.92. The highest BCUT2D eigenvalue weighted by Crippen LogP contribution is 2.15. The molecule has 1 aromatic rings. The van der Waals surface area contributed by atoms with Crippen molar-refractivity contribution in [2.24, 2.45) is 5.73 Å². The van der Waals surface area contributed by atoms with E-state index in [4.69, 9.17) is 10.5 Å². The third-order valence-electron chi connectivity index (χ3n) is 2.37. The van der Waals surface area contributed by atoms with E-state index in [1.165, 1.54) is 0 Å². The highest BCUT2D eigenvalue weighted by molar-refractivity contribution is 5.46. The quantitative estimate of drug-likeness (QED) is 0.671. The molecule has 0 saturated carbocycles. The second-order valence-electron chi connectivity index (χ2n) is 4.25. The van der Waals surface area contributed by atoms with E-state index in [2.05, 4.69) is 10.2 Å². The van der Waals surface area contributed by atoms with E-state index in [0.29, 0.717) is 6.61 Å². The van der Waals surface area contributed by atoms with Crippen molar-refractivity contribution in [2.45, 2.75) is 6.42 Å². The predicted octanol–water partition coefficient (Wildman–Crippen LogP) is 1.39. The number of nitrogens with zero attached hydrogens (tertiary/aromatic N) is 1. The van der Waals surface area contributed by atoms with Gasteiger partial charge >= 0.3 is 0 Å². The average molecular weight is 237 g/mol. The molecule has 0 unspecified atom stereocenters. The van der Waals surface area contributed by atoms with E-state index in [1.54, 1.807) is 0 Å². The highest BCUT2D eigenvalue weighted by Gasteiger charge is 1.96. The van der Waals surface area contributed by atoms with Crippen LogP contribution < -0.4 is 15.8 Å². The van der Waals surface area contributed by atoms with Gasteiger partial charge in [0.2, 0.25) is 0 Å². The monoisotopic (exact) mass is 237 g/mol. The average Bonchev–Trinajstić information content (AvgIpc) is 2.31. The van der Waals surface area contributed by atoms with Crippen LogP contribution in [0.5, 0.6) is 5.75 Å². The van der Waals surface area contributed by atoms with Gasteiger partial charge in [-0.3, -0.25) is 0 Å². The molecular formula is C13H23N3O. The van der Waals surface area contributed by atoms with Gasteiger partial charge in [0.25, 0.3) is 0 Å². The summed E-state index contributed by atoms with van der Waals surface area (Å²) in [6, 6.07) is 8.03. The Labute approximate surface area is 104 Å². The Morgan fingerprint density at radius 3 is 2.53 bits per heavy atom. The molecule has 0 aromatic heterocycles. The van der Waals surface area contributed by atoms with Crippen LogP contribution in [0, 0.1) is 0 Å². The molecule has 3 N–H and O–H groups in total. The summed E-state index contributed by atoms with van der Waals surface area (Å²) < 4.78 is 5.61. The number of nitrogens with one attached hydrogen (secondary N) is 1. The summed E-state index contributed by atoms with van der Waals surface area (Å²) in [6.07, 6.45) is 0.987. The minimum atomic E-state index is 0.715. The lowest BCUT2D eigenvalue weighted by molar-refractivity contribution is 0.261. The van der Waals surface area contributed by atoms with Crippen LogP contribution in [0.15, 0.2) is 24.3 Å². The van der Waals surface area contributed by atoms with E-state index >= 15 is 0 Å². The number of anilines is 1. The molecule has 0 heterocycles. The van der Waals surface area contributed by atoms with Crippen molar-refractivity contribution in [1.29, 1.82) is 0 Å². The smallest absolute Gasteiger partial charge is 0.119 e. The molecule has 0 saturated heterocycles. The molecule has 0 aliphatic carbocycles. The first kappa shape index (κ1) is 13.8. The van der Waals surface area contributed by atoms with E-state index < -0.39 is 0 Å². The fraction of sp³-hybridized carbons (Fsp3) is 0.538. The Morgan fingerprint density at radius 2 is 1.94 bits per heavy atom. The lowest BCUT2D eigenvalue weighted by Gasteiger charge is -2.11. The molecule has 0 aliphatic rings. The van der Waals surface area contributed by atoms with Crippen LogP contribution >= 0.6 is 0 Å². The first-order chi connectivity index (χ1) is 8.22. The van der Waals surface area contributed by atoms with Crippen molar-refractivity contribution in [3.05, 3.63) is 24.3 Å². The van der Waals surface area contributed by atoms with Crippen molar-refractivity contribution in [3.63, 3.8) is 0 Å². The molecule has 1 rings (SSSR count).